The molecule has 3 N–H and O–H groups in total. The van der Waals surface area contributed by atoms with Gasteiger partial charge in [0.05, 0.1) is 11.1 Å². The van der Waals surface area contributed by atoms with E-state index >= 15 is 0 Å². The molecular formula is C23H23F4N2O6P. The van der Waals surface area contributed by atoms with E-state index in [9.17, 15) is 27.2 Å². The van der Waals surface area contributed by atoms with Crippen molar-refractivity contribution in [1.82, 2.24) is 4.57 Å². The summed E-state index contributed by atoms with van der Waals surface area (Å²) in [6.07, 6.45) is -3.50. The van der Waals surface area contributed by atoms with E-state index in [1.807, 2.05) is 13.8 Å². The summed E-state index contributed by atoms with van der Waals surface area (Å²) >= 11 is 0. The average Bonchev–Trinajstić information content (AvgIpc) is 2.81. The van der Waals surface area contributed by atoms with Crippen LogP contribution in [0.5, 0.6) is 11.5 Å². The van der Waals surface area contributed by atoms with Gasteiger partial charge in [0, 0.05) is 18.0 Å². The predicted molar refractivity (Wildman–Crippen MR) is 125 cm³/mol. The fourth-order valence-corrected chi connectivity index (χ4v) is 3.05. The maximum atomic E-state index is 13.4. The molecule has 0 radical (unpaired) electrons. The molecule has 0 aliphatic carbocycles. The molecule has 0 saturated heterocycles. The van der Waals surface area contributed by atoms with Crippen LogP contribution in [0.2, 0.25) is 0 Å². The van der Waals surface area contributed by atoms with Crippen LogP contribution in [-0.4, -0.2) is 20.3 Å². The Morgan fingerprint density at radius 2 is 1.75 bits per heavy atom. The van der Waals surface area contributed by atoms with E-state index in [4.69, 9.17) is 14.5 Å². The molecule has 1 aromatic heterocycles. The van der Waals surface area contributed by atoms with Crippen LogP contribution < -0.4 is 15.6 Å². The molecule has 8 nitrogen and oxygen atoms in total. The molecule has 0 saturated carbocycles. The van der Waals surface area contributed by atoms with Crippen LogP contribution in [-0.2, 0) is 17.4 Å². The fraction of sp³-hybridized carbons (Fsp3) is 0.217. The molecule has 2 aromatic carbocycles. The maximum absolute atomic E-state index is 13.4. The summed E-state index contributed by atoms with van der Waals surface area (Å²) in [6, 6.07) is 7.99. The van der Waals surface area contributed by atoms with Crippen molar-refractivity contribution in [2.45, 2.75) is 33.7 Å². The number of carbonyl (C=O) groups is 1. The largest absolute Gasteiger partial charge is 0.456 e. The van der Waals surface area contributed by atoms with Crippen LogP contribution in [0, 0.1) is 12.7 Å². The van der Waals surface area contributed by atoms with Crippen molar-refractivity contribution >= 4 is 20.2 Å². The number of ether oxygens (including phenoxy) is 1. The lowest BCUT2D eigenvalue weighted by Crippen LogP contribution is -2.21. The van der Waals surface area contributed by atoms with Gasteiger partial charge in [-0.25, -0.2) is 4.39 Å². The highest BCUT2D eigenvalue weighted by Gasteiger charge is 2.32. The van der Waals surface area contributed by atoms with Gasteiger partial charge in [-0.15, -0.1) is 0 Å². The highest BCUT2D eigenvalue weighted by atomic mass is 31.2. The number of hydrogen-bond acceptors (Lipinski definition) is 6. The fourth-order valence-electron chi connectivity index (χ4n) is 2.82. The van der Waals surface area contributed by atoms with Crippen LogP contribution in [0.25, 0.3) is 0 Å². The average molecular weight is 530 g/mol. The number of pyridine rings is 1. The number of nitrogens with zero attached hydrogens (tertiary/aromatic N) is 1. The van der Waals surface area contributed by atoms with Gasteiger partial charge in [-0.2, -0.15) is 13.2 Å². The first kappa shape index (κ1) is 28.9. The van der Waals surface area contributed by atoms with E-state index in [2.05, 4.69) is 9.84 Å². The summed E-state index contributed by atoms with van der Waals surface area (Å²) in [5.74, 6) is -1.82. The third-order valence-corrected chi connectivity index (χ3v) is 4.82. The Morgan fingerprint density at radius 3 is 2.33 bits per heavy atom. The van der Waals surface area contributed by atoms with E-state index in [1.165, 1.54) is 25.3 Å². The SMILES string of the molecule is CC.Cc1cc(F)ccc1Oc1cc(C(F)(F)F)ccc1C(=O)Nc1ccn(COP(O)O)c(=O)c1. The molecule has 0 aliphatic heterocycles. The normalized spacial score (nSPS) is 11.1. The molecule has 0 fully saturated rings. The second-order valence-corrected chi connectivity index (χ2v) is 7.67. The van der Waals surface area contributed by atoms with E-state index < -0.39 is 50.1 Å². The van der Waals surface area contributed by atoms with E-state index in [1.54, 1.807) is 0 Å². The summed E-state index contributed by atoms with van der Waals surface area (Å²) < 4.78 is 64.1. The monoisotopic (exact) mass is 530 g/mol. The molecule has 0 bridgehead atoms. The molecule has 0 aliphatic rings. The van der Waals surface area contributed by atoms with Crippen molar-refractivity contribution in [3.8, 4) is 11.5 Å². The van der Waals surface area contributed by atoms with Crippen LogP contribution in [0.4, 0.5) is 23.2 Å². The first-order valence-corrected chi connectivity index (χ1v) is 11.6. The van der Waals surface area contributed by atoms with E-state index in [-0.39, 0.29) is 17.0 Å². The third-order valence-electron chi connectivity index (χ3n) is 4.48. The quantitative estimate of drug-likeness (QED) is 0.272. The molecule has 0 spiro atoms. The minimum absolute atomic E-state index is 0.0188. The standard InChI is InChI=1S/C21H17F4N2O6P.C2H6/c1-12-8-14(22)3-5-17(12)33-18-9-13(21(23,24)25)2-4-16(18)20(29)26-15-6-7-27(19(28)10-15)11-32-34(30)31;1-2/h2-10,30-31H,11H2,1H3,(H,26,29);1-2H3. The van der Waals surface area contributed by atoms with Crippen molar-refractivity contribution in [2.24, 2.45) is 0 Å². The molecule has 0 atom stereocenters. The van der Waals surface area contributed by atoms with Gasteiger partial charge < -0.3 is 19.8 Å². The highest BCUT2D eigenvalue weighted by Crippen LogP contribution is 2.36. The van der Waals surface area contributed by atoms with Crippen molar-refractivity contribution < 1.29 is 41.4 Å². The lowest BCUT2D eigenvalue weighted by Gasteiger charge is -2.16. The van der Waals surface area contributed by atoms with Gasteiger partial charge in [0.1, 0.15) is 24.0 Å². The number of halogens is 4. The summed E-state index contributed by atoms with van der Waals surface area (Å²) in [5, 5.41) is 2.39. The minimum atomic E-state index is -4.71. The van der Waals surface area contributed by atoms with Gasteiger partial charge in [0.15, 0.2) is 0 Å². The summed E-state index contributed by atoms with van der Waals surface area (Å²) in [6.45, 7) is 5.04. The lowest BCUT2D eigenvalue weighted by molar-refractivity contribution is -0.137. The molecule has 13 heteroatoms. The Labute approximate surface area is 204 Å². The maximum Gasteiger partial charge on any atom is 0.416 e. The van der Waals surface area contributed by atoms with Crippen LogP contribution in [0.15, 0.2) is 59.5 Å². The Morgan fingerprint density at radius 1 is 1.06 bits per heavy atom. The van der Waals surface area contributed by atoms with Gasteiger partial charge in [-0.1, -0.05) is 13.8 Å². The number of hydrogen-bond donors (Lipinski definition) is 3. The number of rotatable bonds is 7. The number of benzene rings is 2. The number of aryl methyl sites for hydroxylation is 1. The van der Waals surface area contributed by atoms with Gasteiger partial charge >= 0.3 is 14.8 Å². The molecule has 1 amide bonds. The smallest absolute Gasteiger partial charge is 0.416 e. The number of anilines is 1. The molecule has 3 aromatic rings. The number of nitrogens with one attached hydrogen (secondary N) is 1. The lowest BCUT2D eigenvalue weighted by atomic mass is 10.1. The second-order valence-electron chi connectivity index (χ2n) is 6.91. The predicted octanol–water partition coefficient (Wildman–Crippen LogP) is 5.57. The minimum Gasteiger partial charge on any atom is -0.456 e. The Kier molecular flexibility index (Phi) is 10.1. The third kappa shape index (κ3) is 7.85. The van der Waals surface area contributed by atoms with Crippen molar-refractivity contribution in [2.75, 3.05) is 5.32 Å². The molecule has 3 rings (SSSR count). The highest BCUT2D eigenvalue weighted by molar-refractivity contribution is 7.39. The number of amides is 1. The number of carbonyl (C=O) groups excluding carboxylic acids is 1. The van der Waals surface area contributed by atoms with Crippen LogP contribution in [0.3, 0.4) is 0 Å². The molecular weight excluding hydrogens is 507 g/mol. The van der Waals surface area contributed by atoms with E-state index in [0.717, 1.165) is 28.8 Å². The Balaban J connectivity index is 0.00000222. The van der Waals surface area contributed by atoms with Crippen LogP contribution >= 0.6 is 8.60 Å². The summed E-state index contributed by atoms with van der Waals surface area (Å²) in [7, 11) is -2.67. The van der Waals surface area contributed by atoms with Gasteiger partial charge in [0.25, 0.3) is 11.5 Å². The van der Waals surface area contributed by atoms with Crippen LogP contribution in [0.1, 0.15) is 35.3 Å². The zero-order valence-electron chi connectivity index (χ0n) is 19.3. The zero-order valence-corrected chi connectivity index (χ0v) is 20.2. The molecule has 36 heavy (non-hydrogen) atoms. The molecule has 1 heterocycles. The van der Waals surface area contributed by atoms with Crippen molar-refractivity contribution in [1.29, 1.82) is 0 Å². The van der Waals surface area contributed by atoms with Crippen molar-refractivity contribution in [3.05, 3.63) is 87.6 Å². The topological polar surface area (TPSA) is 110 Å². The zero-order chi connectivity index (χ0) is 27.0. The Bertz CT molecular complexity index is 1260. The van der Waals surface area contributed by atoms with Crippen molar-refractivity contribution in [3.63, 3.8) is 0 Å². The van der Waals surface area contributed by atoms with E-state index in [0.29, 0.717) is 17.7 Å². The first-order chi connectivity index (χ1) is 16.9. The van der Waals surface area contributed by atoms with Gasteiger partial charge in [-0.3, -0.25) is 18.7 Å². The molecule has 0 unspecified atom stereocenters. The number of aromatic nitrogens is 1. The first-order valence-electron chi connectivity index (χ1n) is 10.4. The molecule has 194 valence electrons. The summed E-state index contributed by atoms with van der Waals surface area (Å²) in [5.41, 5.74) is -1.67. The second kappa shape index (κ2) is 12.6. The number of alkyl halides is 3. The Hall–Kier alpha value is -3.31. The van der Waals surface area contributed by atoms with Gasteiger partial charge in [0.2, 0.25) is 0 Å². The summed E-state index contributed by atoms with van der Waals surface area (Å²) in [4.78, 5) is 42.4. The van der Waals surface area contributed by atoms with Gasteiger partial charge in [-0.05, 0) is 55.0 Å².